The number of sulfone groups is 1. The van der Waals surface area contributed by atoms with Crippen molar-refractivity contribution in [1.82, 2.24) is 14.5 Å². The smallest absolute Gasteiger partial charge is 0.387 e. The van der Waals surface area contributed by atoms with Gasteiger partial charge in [0, 0.05) is 18.0 Å². The van der Waals surface area contributed by atoms with Crippen LogP contribution in [0.2, 0.25) is 0 Å². The van der Waals surface area contributed by atoms with Crippen LogP contribution in [0.15, 0.2) is 59.5 Å². The number of alkyl halides is 2. The average molecular weight is 518 g/mol. The van der Waals surface area contributed by atoms with Crippen molar-refractivity contribution in [2.45, 2.75) is 26.5 Å². The molecule has 0 bridgehead atoms. The second-order valence-electron chi connectivity index (χ2n) is 8.29. The fraction of sp³-hybridized carbons (Fsp3) is 0.280. The number of aromatic nitrogens is 3. The number of pyridine rings is 1. The number of imidazole rings is 1. The Kier molecular flexibility index (Phi) is 7.11. The molecule has 4 aromatic rings. The van der Waals surface area contributed by atoms with Gasteiger partial charge in [-0.2, -0.15) is 8.78 Å². The first-order chi connectivity index (χ1) is 17.1. The van der Waals surface area contributed by atoms with Gasteiger partial charge in [0.15, 0.2) is 17.1 Å². The highest BCUT2D eigenvalue weighted by molar-refractivity contribution is 7.90. The maximum Gasteiger partial charge on any atom is 0.387 e. The molecule has 1 atom stereocenters. The van der Waals surface area contributed by atoms with Crippen molar-refractivity contribution in [3.05, 3.63) is 76.3 Å². The molecule has 1 N–H and O–H groups in total. The largest absolute Gasteiger partial charge is 0.490 e. The van der Waals surface area contributed by atoms with Crippen molar-refractivity contribution >= 4 is 21.0 Å². The lowest BCUT2D eigenvalue weighted by Crippen LogP contribution is -2.28. The normalized spacial score (nSPS) is 12.7. The minimum absolute atomic E-state index is 0.0113. The minimum Gasteiger partial charge on any atom is -0.490 e. The van der Waals surface area contributed by atoms with Gasteiger partial charge in [-0.1, -0.05) is 36.4 Å². The fourth-order valence-electron chi connectivity index (χ4n) is 4.18. The third kappa shape index (κ3) is 5.25. The quantitative estimate of drug-likeness (QED) is 0.354. The van der Waals surface area contributed by atoms with E-state index in [1.54, 1.807) is 13.1 Å². The molecule has 36 heavy (non-hydrogen) atoms. The van der Waals surface area contributed by atoms with Gasteiger partial charge in [0.25, 0.3) is 0 Å². The number of hydrogen-bond donors (Lipinski definition) is 1. The van der Waals surface area contributed by atoms with Gasteiger partial charge in [-0.15, -0.1) is 0 Å². The van der Waals surface area contributed by atoms with Crippen molar-refractivity contribution < 1.29 is 26.7 Å². The molecular weight excluding hydrogens is 492 g/mol. The highest BCUT2D eigenvalue weighted by Crippen LogP contribution is 2.34. The molecule has 1 unspecified atom stereocenters. The number of halogens is 2. The summed E-state index contributed by atoms with van der Waals surface area (Å²) in [6, 6.07) is 12.7. The van der Waals surface area contributed by atoms with Gasteiger partial charge in [0.2, 0.25) is 0 Å². The average Bonchev–Trinajstić information content (AvgIpc) is 3.15. The molecule has 11 heteroatoms. The maximum atomic E-state index is 13.2. The second kappa shape index (κ2) is 10.1. The van der Waals surface area contributed by atoms with Gasteiger partial charge in [-0.25, -0.2) is 18.2 Å². The number of ether oxygens (including phenoxy) is 2. The molecule has 0 aliphatic heterocycles. The fourth-order valence-corrected chi connectivity index (χ4v) is 5.10. The topological polar surface area (TPSA) is 103 Å². The molecule has 0 amide bonds. The molecule has 0 aliphatic carbocycles. The molecule has 0 fully saturated rings. The van der Waals surface area contributed by atoms with Crippen LogP contribution in [0.3, 0.4) is 0 Å². The van der Waals surface area contributed by atoms with Gasteiger partial charge in [-0.3, -0.25) is 4.57 Å². The maximum absolute atomic E-state index is 13.2. The van der Waals surface area contributed by atoms with Gasteiger partial charge >= 0.3 is 12.3 Å². The molecule has 2 aromatic carbocycles. The summed E-state index contributed by atoms with van der Waals surface area (Å²) in [5.41, 5.74) is 3.07. The van der Waals surface area contributed by atoms with Crippen LogP contribution in [0.5, 0.6) is 11.5 Å². The SMILES string of the molecule is CCOc1cc(C(CS(C)(=O)=O)n2c(=O)[nH]c3c(C)c(-c4ccccc4)cnc32)ccc1OC(F)F. The Hall–Kier alpha value is -3.73. The van der Waals surface area contributed by atoms with Crippen molar-refractivity contribution in [1.29, 1.82) is 0 Å². The van der Waals surface area contributed by atoms with Crippen LogP contribution in [-0.4, -0.2) is 48.2 Å². The number of nitrogens with zero attached hydrogens (tertiary/aromatic N) is 2. The third-order valence-electron chi connectivity index (χ3n) is 5.72. The summed E-state index contributed by atoms with van der Waals surface area (Å²) in [6.07, 6.45) is 2.70. The summed E-state index contributed by atoms with van der Waals surface area (Å²) >= 11 is 0. The zero-order valence-electron chi connectivity index (χ0n) is 19.9. The Balaban J connectivity index is 1.90. The summed E-state index contributed by atoms with van der Waals surface area (Å²) in [5, 5.41) is 0. The molecule has 190 valence electrons. The molecule has 0 saturated carbocycles. The number of hydrogen-bond acceptors (Lipinski definition) is 6. The monoisotopic (exact) mass is 517 g/mol. The van der Waals surface area contributed by atoms with Gasteiger partial charge in [-0.05, 0) is 42.7 Å². The van der Waals surface area contributed by atoms with Crippen LogP contribution in [-0.2, 0) is 9.84 Å². The van der Waals surface area contributed by atoms with Crippen molar-refractivity contribution in [3.63, 3.8) is 0 Å². The van der Waals surface area contributed by atoms with Crippen LogP contribution in [0.4, 0.5) is 8.78 Å². The molecule has 0 aliphatic rings. The van der Waals surface area contributed by atoms with Crippen molar-refractivity contribution in [2.24, 2.45) is 0 Å². The van der Waals surface area contributed by atoms with E-state index in [1.165, 1.54) is 22.8 Å². The van der Waals surface area contributed by atoms with E-state index in [0.717, 1.165) is 22.9 Å². The van der Waals surface area contributed by atoms with E-state index in [1.807, 2.05) is 37.3 Å². The Morgan fingerprint density at radius 2 is 1.83 bits per heavy atom. The minimum atomic E-state index is -3.59. The highest BCUT2D eigenvalue weighted by atomic mass is 32.2. The molecule has 8 nitrogen and oxygen atoms in total. The summed E-state index contributed by atoms with van der Waals surface area (Å²) < 4.78 is 61.7. The lowest BCUT2D eigenvalue weighted by molar-refractivity contribution is -0.0514. The van der Waals surface area contributed by atoms with Crippen LogP contribution >= 0.6 is 0 Å². The third-order valence-corrected chi connectivity index (χ3v) is 6.64. The van der Waals surface area contributed by atoms with Crippen molar-refractivity contribution in [2.75, 3.05) is 18.6 Å². The first-order valence-corrected chi connectivity index (χ1v) is 13.2. The van der Waals surface area contributed by atoms with E-state index >= 15 is 0 Å². The van der Waals surface area contributed by atoms with E-state index in [4.69, 9.17) is 4.74 Å². The predicted molar refractivity (Wildman–Crippen MR) is 133 cm³/mol. The first-order valence-electron chi connectivity index (χ1n) is 11.1. The van der Waals surface area contributed by atoms with Crippen molar-refractivity contribution in [3.8, 4) is 22.6 Å². The first kappa shape index (κ1) is 25.4. The lowest BCUT2D eigenvalue weighted by Gasteiger charge is -2.20. The zero-order chi connectivity index (χ0) is 26.0. The molecule has 0 saturated heterocycles. The van der Waals surface area contributed by atoms with Crippen LogP contribution in [0.25, 0.3) is 22.3 Å². The summed E-state index contributed by atoms with van der Waals surface area (Å²) in [6.45, 7) is 0.621. The number of benzene rings is 2. The Morgan fingerprint density at radius 1 is 1.11 bits per heavy atom. The molecule has 2 heterocycles. The predicted octanol–water partition coefficient (Wildman–Crippen LogP) is 4.33. The number of fused-ring (bicyclic) bond motifs is 1. The highest BCUT2D eigenvalue weighted by Gasteiger charge is 2.27. The van der Waals surface area contributed by atoms with E-state index in [-0.39, 0.29) is 23.8 Å². The molecular formula is C25H25F2N3O5S. The summed E-state index contributed by atoms with van der Waals surface area (Å²) in [5.74, 6) is -0.611. The summed E-state index contributed by atoms with van der Waals surface area (Å²) in [4.78, 5) is 20.5. The van der Waals surface area contributed by atoms with Gasteiger partial charge in [0.1, 0.15) is 9.84 Å². The lowest BCUT2D eigenvalue weighted by atomic mass is 10.0. The molecule has 0 radical (unpaired) electrons. The van der Waals surface area contributed by atoms with Gasteiger partial charge in [0.05, 0.1) is 23.9 Å². The van der Waals surface area contributed by atoms with E-state index in [2.05, 4.69) is 14.7 Å². The van der Waals surface area contributed by atoms with Crippen LogP contribution in [0.1, 0.15) is 24.1 Å². The molecule has 0 spiro atoms. The van der Waals surface area contributed by atoms with Crippen LogP contribution in [0, 0.1) is 6.92 Å². The Bertz CT molecular complexity index is 1550. The van der Waals surface area contributed by atoms with E-state index in [9.17, 15) is 22.0 Å². The zero-order valence-corrected chi connectivity index (χ0v) is 20.7. The molecule has 4 rings (SSSR count). The van der Waals surface area contributed by atoms with E-state index in [0.29, 0.717) is 11.1 Å². The van der Waals surface area contributed by atoms with Gasteiger partial charge < -0.3 is 14.5 Å². The number of H-pyrrole nitrogens is 1. The number of nitrogens with one attached hydrogen (secondary N) is 1. The standard InChI is InChI=1S/C25H25F2N3O5S/c1-4-34-21-12-17(10-11-20(21)35-24(26)27)19(14-36(3,32)33)30-23-22(29-25(30)31)15(2)18(13-28-23)16-8-6-5-7-9-16/h5-13,19,24H,4,14H2,1-3H3,(H,29,31). The number of aromatic amines is 1. The number of rotatable bonds is 9. The van der Waals surface area contributed by atoms with E-state index < -0.39 is 33.9 Å². The summed E-state index contributed by atoms with van der Waals surface area (Å²) in [7, 11) is -3.59. The Morgan fingerprint density at radius 3 is 2.47 bits per heavy atom. The number of aryl methyl sites for hydroxylation is 1. The Labute approximate surface area is 206 Å². The molecule has 2 aromatic heterocycles. The van der Waals surface area contributed by atoms with Crippen LogP contribution < -0.4 is 15.2 Å². The second-order valence-corrected chi connectivity index (χ2v) is 10.5.